The number of aliphatic hydroxyl groups excluding tert-OH is 1. The van der Waals surface area contributed by atoms with Gasteiger partial charge >= 0.3 is 0 Å². The van der Waals surface area contributed by atoms with Crippen LogP contribution in [0.15, 0.2) is 29.2 Å². The molecule has 0 amide bonds. The molecule has 19 heavy (non-hydrogen) atoms. The van der Waals surface area contributed by atoms with Crippen LogP contribution >= 0.6 is 0 Å². The molecule has 1 aromatic carbocycles. The average Bonchev–Trinajstić information content (AvgIpc) is 3.23. The van der Waals surface area contributed by atoms with E-state index in [1.54, 1.807) is 28.6 Å². The van der Waals surface area contributed by atoms with Gasteiger partial charge in [-0.05, 0) is 37.0 Å². The van der Waals surface area contributed by atoms with E-state index < -0.39 is 16.1 Å². The minimum absolute atomic E-state index is 0.162. The summed E-state index contributed by atoms with van der Waals surface area (Å²) in [7, 11) is -3.43. The van der Waals surface area contributed by atoms with Crippen LogP contribution in [-0.4, -0.2) is 30.4 Å². The number of hydrogen-bond acceptors (Lipinski definition) is 3. The number of aliphatic hydroxyl groups is 1. The summed E-state index contributed by atoms with van der Waals surface area (Å²) in [6, 6.07) is 6.82. The minimum atomic E-state index is -3.43. The van der Waals surface area contributed by atoms with E-state index in [-0.39, 0.29) is 10.9 Å². The zero-order valence-corrected chi connectivity index (χ0v) is 12.2. The third-order valence-corrected chi connectivity index (χ3v) is 5.53. The van der Waals surface area contributed by atoms with Crippen molar-refractivity contribution in [3.63, 3.8) is 0 Å². The second kappa shape index (κ2) is 5.61. The quantitative estimate of drug-likeness (QED) is 0.871. The van der Waals surface area contributed by atoms with E-state index in [1.165, 1.54) is 0 Å². The molecule has 0 bridgehead atoms. The fraction of sp³-hybridized carbons (Fsp3) is 0.571. The van der Waals surface area contributed by atoms with Gasteiger partial charge in [-0.1, -0.05) is 26.0 Å². The van der Waals surface area contributed by atoms with Gasteiger partial charge in [0, 0.05) is 12.6 Å². The average molecular weight is 283 g/mol. The van der Waals surface area contributed by atoms with Crippen molar-refractivity contribution in [3.05, 3.63) is 29.8 Å². The van der Waals surface area contributed by atoms with Crippen molar-refractivity contribution in [2.75, 3.05) is 6.54 Å². The first-order valence-corrected chi connectivity index (χ1v) is 8.24. The van der Waals surface area contributed by atoms with Gasteiger partial charge in [0.1, 0.15) is 0 Å². The number of hydrogen-bond donors (Lipinski definition) is 1. The molecule has 1 saturated carbocycles. The highest BCUT2D eigenvalue weighted by Crippen LogP contribution is 2.32. The third kappa shape index (κ3) is 2.99. The maximum absolute atomic E-state index is 12.6. The van der Waals surface area contributed by atoms with E-state index in [0.29, 0.717) is 18.5 Å². The number of benzene rings is 1. The van der Waals surface area contributed by atoms with Crippen LogP contribution in [0.5, 0.6) is 0 Å². The normalized spacial score (nSPS) is 17.7. The summed E-state index contributed by atoms with van der Waals surface area (Å²) >= 11 is 0. The van der Waals surface area contributed by atoms with Crippen LogP contribution in [-0.2, 0) is 10.0 Å². The Morgan fingerprint density at radius 1 is 1.37 bits per heavy atom. The summed E-state index contributed by atoms with van der Waals surface area (Å²) < 4.78 is 26.7. The first-order chi connectivity index (χ1) is 9.00. The smallest absolute Gasteiger partial charge is 0.243 e. The van der Waals surface area contributed by atoms with Crippen molar-refractivity contribution >= 4 is 10.0 Å². The van der Waals surface area contributed by atoms with Gasteiger partial charge in [0.25, 0.3) is 0 Å². The standard InChI is InChI=1S/C14H21NO3S/c1-3-14(16)11-6-5-7-13(10-11)19(17,18)15(4-2)12-8-9-12/h5-7,10,12,14,16H,3-4,8-9H2,1-2H3. The van der Waals surface area contributed by atoms with Crippen LogP contribution in [0, 0.1) is 0 Å². The summed E-state index contributed by atoms with van der Waals surface area (Å²) in [6.45, 7) is 4.22. The van der Waals surface area contributed by atoms with Crippen molar-refractivity contribution in [2.24, 2.45) is 0 Å². The summed E-state index contributed by atoms with van der Waals surface area (Å²) in [4.78, 5) is 0.284. The molecule has 1 fully saturated rings. The van der Waals surface area contributed by atoms with Gasteiger partial charge in [-0.25, -0.2) is 8.42 Å². The van der Waals surface area contributed by atoms with Gasteiger partial charge in [-0.3, -0.25) is 0 Å². The first-order valence-electron chi connectivity index (χ1n) is 6.80. The topological polar surface area (TPSA) is 57.6 Å². The number of rotatable bonds is 6. The molecule has 1 N–H and O–H groups in total. The Labute approximate surface area is 115 Å². The lowest BCUT2D eigenvalue weighted by atomic mass is 10.1. The van der Waals surface area contributed by atoms with Gasteiger partial charge in [0.15, 0.2) is 0 Å². The molecule has 5 heteroatoms. The molecule has 1 aliphatic carbocycles. The Bertz CT molecular complexity index is 537. The second-order valence-electron chi connectivity index (χ2n) is 4.94. The van der Waals surface area contributed by atoms with Gasteiger partial charge in [0.05, 0.1) is 11.0 Å². The molecule has 0 aliphatic heterocycles. The first kappa shape index (κ1) is 14.5. The lowest BCUT2D eigenvalue weighted by molar-refractivity contribution is 0.173. The zero-order valence-electron chi connectivity index (χ0n) is 11.4. The molecule has 2 rings (SSSR count). The number of nitrogens with zero attached hydrogens (tertiary/aromatic N) is 1. The molecule has 0 saturated heterocycles. The maximum atomic E-state index is 12.6. The Morgan fingerprint density at radius 3 is 2.58 bits per heavy atom. The summed E-state index contributed by atoms with van der Waals surface area (Å²) in [6.07, 6.45) is 1.87. The van der Waals surface area contributed by atoms with Crippen molar-refractivity contribution in [2.45, 2.75) is 50.2 Å². The lowest BCUT2D eigenvalue weighted by Crippen LogP contribution is -2.32. The molecule has 0 heterocycles. The molecule has 1 aromatic rings. The fourth-order valence-electron chi connectivity index (χ4n) is 2.24. The zero-order chi connectivity index (χ0) is 14.0. The summed E-state index contributed by atoms with van der Waals surface area (Å²) in [5, 5.41) is 9.83. The summed E-state index contributed by atoms with van der Waals surface area (Å²) in [5.74, 6) is 0. The Hall–Kier alpha value is -0.910. The highest BCUT2D eigenvalue weighted by Gasteiger charge is 2.36. The van der Waals surface area contributed by atoms with Crippen LogP contribution in [0.1, 0.15) is 44.8 Å². The third-order valence-electron chi connectivity index (χ3n) is 3.50. The second-order valence-corrected chi connectivity index (χ2v) is 6.83. The lowest BCUT2D eigenvalue weighted by Gasteiger charge is -2.20. The van der Waals surface area contributed by atoms with Crippen molar-refractivity contribution in [1.29, 1.82) is 0 Å². The Balaban J connectivity index is 2.34. The molecule has 0 spiro atoms. The van der Waals surface area contributed by atoms with E-state index >= 15 is 0 Å². The van der Waals surface area contributed by atoms with E-state index in [2.05, 4.69) is 0 Å². The van der Waals surface area contributed by atoms with Crippen LogP contribution in [0.2, 0.25) is 0 Å². The largest absolute Gasteiger partial charge is 0.388 e. The van der Waals surface area contributed by atoms with Crippen LogP contribution in [0.25, 0.3) is 0 Å². The minimum Gasteiger partial charge on any atom is -0.388 e. The van der Waals surface area contributed by atoms with Crippen molar-refractivity contribution < 1.29 is 13.5 Å². The van der Waals surface area contributed by atoms with E-state index in [0.717, 1.165) is 12.8 Å². The predicted molar refractivity (Wildman–Crippen MR) is 74.3 cm³/mol. The molecule has 1 atom stereocenters. The van der Waals surface area contributed by atoms with Gasteiger partial charge in [0.2, 0.25) is 10.0 Å². The van der Waals surface area contributed by atoms with Gasteiger partial charge in [-0.15, -0.1) is 0 Å². The molecular formula is C14H21NO3S. The maximum Gasteiger partial charge on any atom is 0.243 e. The monoisotopic (exact) mass is 283 g/mol. The molecule has 4 nitrogen and oxygen atoms in total. The fourth-order valence-corrected chi connectivity index (χ4v) is 3.99. The van der Waals surface area contributed by atoms with Crippen molar-refractivity contribution in [3.8, 4) is 0 Å². The predicted octanol–water partition coefficient (Wildman–Crippen LogP) is 2.30. The molecule has 0 aromatic heterocycles. The Kier molecular flexibility index (Phi) is 4.28. The van der Waals surface area contributed by atoms with Crippen molar-refractivity contribution in [1.82, 2.24) is 4.31 Å². The number of sulfonamides is 1. The van der Waals surface area contributed by atoms with E-state index in [4.69, 9.17) is 0 Å². The Morgan fingerprint density at radius 2 is 2.05 bits per heavy atom. The van der Waals surface area contributed by atoms with Crippen LogP contribution in [0.3, 0.4) is 0 Å². The molecular weight excluding hydrogens is 262 g/mol. The molecule has 1 unspecified atom stereocenters. The van der Waals surface area contributed by atoms with E-state index in [1.807, 2.05) is 13.8 Å². The molecule has 0 radical (unpaired) electrons. The van der Waals surface area contributed by atoms with Gasteiger partial charge < -0.3 is 5.11 Å². The van der Waals surface area contributed by atoms with Gasteiger partial charge in [-0.2, -0.15) is 4.31 Å². The van der Waals surface area contributed by atoms with Crippen LogP contribution < -0.4 is 0 Å². The van der Waals surface area contributed by atoms with E-state index in [9.17, 15) is 13.5 Å². The highest BCUT2D eigenvalue weighted by molar-refractivity contribution is 7.89. The molecule has 1 aliphatic rings. The summed E-state index contributed by atoms with van der Waals surface area (Å²) in [5.41, 5.74) is 0.662. The molecule has 106 valence electrons. The van der Waals surface area contributed by atoms with Crippen LogP contribution in [0.4, 0.5) is 0 Å². The highest BCUT2D eigenvalue weighted by atomic mass is 32.2. The SMILES string of the molecule is CCC(O)c1cccc(S(=O)(=O)N(CC)C2CC2)c1.